The second-order valence-corrected chi connectivity index (χ2v) is 4.79. The lowest BCUT2D eigenvalue weighted by molar-refractivity contribution is -0.215. The standard InChI is InChI=1S/C12H18N4O7.ClH/c1-5(17)20-4-8-10(21-6(2)18)9(15-16-14)11(12(13)23-8)22-7(3)19;/h8-12H,4,13H2,1-3H3;1H/t8-,9+,10-,11-,12-;/m1./s1. The molecule has 11 nitrogen and oxygen atoms in total. The molecule has 1 rings (SSSR count). The Kier molecular flexibility index (Phi) is 9.08. The lowest BCUT2D eigenvalue weighted by Crippen LogP contribution is -2.62. The summed E-state index contributed by atoms with van der Waals surface area (Å²) < 4.78 is 20.3. The van der Waals surface area contributed by atoms with Gasteiger partial charge in [-0.15, -0.1) is 12.4 Å². The number of carbonyl (C=O) groups is 3. The van der Waals surface area contributed by atoms with Gasteiger partial charge in [-0.25, -0.2) is 0 Å². The summed E-state index contributed by atoms with van der Waals surface area (Å²) in [4.78, 5) is 36.1. The van der Waals surface area contributed by atoms with Crippen molar-refractivity contribution in [2.24, 2.45) is 10.8 Å². The molecule has 1 aliphatic rings. The molecule has 0 amide bonds. The van der Waals surface area contributed by atoms with Crippen molar-refractivity contribution in [1.29, 1.82) is 0 Å². The molecule has 0 aromatic carbocycles. The smallest absolute Gasteiger partial charge is 0.303 e. The first-order valence-electron chi connectivity index (χ1n) is 6.69. The number of carbonyl (C=O) groups excluding carboxylic acids is 3. The van der Waals surface area contributed by atoms with Crippen molar-refractivity contribution in [2.45, 2.75) is 51.4 Å². The Balaban J connectivity index is 0.00000529. The molecule has 0 aromatic rings. The highest BCUT2D eigenvalue weighted by Crippen LogP contribution is 2.27. The number of hydrogen-bond acceptors (Lipinski definition) is 9. The van der Waals surface area contributed by atoms with Crippen molar-refractivity contribution in [1.82, 2.24) is 0 Å². The zero-order valence-corrected chi connectivity index (χ0v) is 14.1. The van der Waals surface area contributed by atoms with Gasteiger partial charge in [0.05, 0.1) is 0 Å². The van der Waals surface area contributed by atoms with Crippen LogP contribution in [-0.4, -0.2) is 55.1 Å². The van der Waals surface area contributed by atoms with Gasteiger partial charge in [0.15, 0.2) is 6.10 Å². The largest absolute Gasteiger partial charge is 0.463 e. The summed E-state index contributed by atoms with van der Waals surface area (Å²) in [5.41, 5.74) is 14.5. The van der Waals surface area contributed by atoms with Gasteiger partial charge in [-0.3, -0.25) is 14.4 Å². The van der Waals surface area contributed by atoms with E-state index in [4.69, 9.17) is 30.2 Å². The summed E-state index contributed by atoms with van der Waals surface area (Å²) in [7, 11) is 0. The third kappa shape index (κ3) is 6.20. The maximum Gasteiger partial charge on any atom is 0.303 e. The van der Waals surface area contributed by atoms with Crippen LogP contribution in [0.3, 0.4) is 0 Å². The Morgan fingerprint density at radius 1 is 1.12 bits per heavy atom. The summed E-state index contributed by atoms with van der Waals surface area (Å²) in [6.45, 7) is 3.21. The van der Waals surface area contributed by atoms with E-state index in [-0.39, 0.29) is 19.0 Å². The van der Waals surface area contributed by atoms with E-state index in [1.807, 2.05) is 0 Å². The van der Waals surface area contributed by atoms with Gasteiger partial charge in [0.1, 0.15) is 31.1 Å². The van der Waals surface area contributed by atoms with Crippen LogP contribution in [0.2, 0.25) is 0 Å². The molecule has 0 bridgehead atoms. The molecule has 1 saturated heterocycles. The van der Waals surface area contributed by atoms with Crippen LogP contribution in [0.15, 0.2) is 5.11 Å². The van der Waals surface area contributed by atoms with Crippen LogP contribution in [0, 0.1) is 0 Å². The minimum atomic E-state index is -1.15. The van der Waals surface area contributed by atoms with Gasteiger partial charge >= 0.3 is 17.9 Å². The molecule has 1 fully saturated rings. The van der Waals surface area contributed by atoms with Crippen LogP contribution in [0.1, 0.15) is 20.8 Å². The zero-order chi connectivity index (χ0) is 17.6. The molecule has 24 heavy (non-hydrogen) atoms. The highest BCUT2D eigenvalue weighted by molar-refractivity contribution is 5.85. The molecule has 136 valence electrons. The number of azide groups is 1. The first-order chi connectivity index (χ1) is 10.8. The first kappa shape index (κ1) is 21.9. The molecule has 0 aromatic heterocycles. The average Bonchev–Trinajstić information content (AvgIpc) is 2.43. The number of ether oxygens (including phenoxy) is 4. The van der Waals surface area contributed by atoms with Gasteiger partial charge in [0.25, 0.3) is 0 Å². The number of hydrogen-bond donors (Lipinski definition) is 1. The molecule has 0 unspecified atom stereocenters. The molecule has 5 atom stereocenters. The second-order valence-electron chi connectivity index (χ2n) is 4.79. The summed E-state index contributed by atoms with van der Waals surface area (Å²) in [6, 6.07) is -1.13. The number of halogens is 1. The molecule has 0 spiro atoms. The Labute approximate surface area is 143 Å². The van der Waals surface area contributed by atoms with E-state index >= 15 is 0 Å². The van der Waals surface area contributed by atoms with Gasteiger partial charge < -0.3 is 24.7 Å². The summed E-state index contributed by atoms with van der Waals surface area (Å²) >= 11 is 0. The van der Waals surface area contributed by atoms with Crippen LogP contribution in [0.4, 0.5) is 0 Å². The minimum absolute atomic E-state index is 0. The fraction of sp³-hybridized carbons (Fsp3) is 0.750. The molecule has 0 saturated carbocycles. The molecule has 12 heteroatoms. The number of esters is 3. The Hall–Kier alpha value is -2.07. The van der Waals surface area contributed by atoms with Gasteiger partial charge in [0, 0.05) is 25.7 Å². The summed E-state index contributed by atoms with van der Waals surface area (Å²) in [5, 5.41) is 3.51. The quantitative estimate of drug-likeness (QED) is 0.237. The van der Waals surface area contributed by atoms with E-state index in [0.717, 1.165) is 13.8 Å². The van der Waals surface area contributed by atoms with Crippen molar-refractivity contribution >= 4 is 30.3 Å². The normalized spacial score (nSPS) is 28.6. The third-order valence-electron chi connectivity index (χ3n) is 2.94. The minimum Gasteiger partial charge on any atom is -0.463 e. The lowest BCUT2D eigenvalue weighted by Gasteiger charge is -2.42. The molecular weight excluding hydrogens is 348 g/mol. The van der Waals surface area contributed by atoms with Crippen molar-refractivity contribution in [3.05, 3.63) is 10.4 Å². The monoisotopic (exact) mass is 366 g/mol. The third-order valence-corrected chi connectivity index (χ3v) is 2.94. The lowest BCUT2D eigenvalue weighted by atomic mass is 9.96. The maximum atomic E-state index is 11.3. The van der Waals surface area contributed by atoms with Crippen LogP contribution >= 0.6 is 12.4 Å². The van der Waals surface area contributed by atoms with Crippen molar-refractivity contribution in [2.75, 3.05) is 6.61 Å². The highest BCUT2D eigenvalue weighted by Gasteiger charge is 2.48. The summed E-state index contributed by atoms with van der Waals surface area (Å²) in [6.07, 6.45) is -4.41. The Bertz CT molecular complexity index is 526. The Morgan fingerprint density at radius 3 is 2.12 bits per heavy atom. The van der Waals surface area contributed by atoms with Crippen LogP contribution in [0.25, 0.3) is 10.4 Å². The number of nitrogens with zero attached hydrogens (tertiary/aromatic N) is 3. The Morgan fingerprint density at radius 2 is 1.67 bits per heavy atom. The number of rotatable bonds is 5. The van der Waals surface area contributed by atoms with Crippen LogP contribution < -0.4 is 5.73 Å². The van der Waals surface area contributed by atoms with Crippen LogP contribution in [0.5, 0.6) is 0 Å². The predicted octanol–water partition coefficient (Wildman–Crippen LogP) is 0.197. The van der Waals surface area contributed by atoms with Gasteiger partial charge in [0.2, 0.25) is 0 Å². The van der Waals surface area contributed by atoms with Gasteiger partial charge in [-0.1, -0.05) is 5.11 Å². The van der Waals surface area contributed by atoms with Crippen molar-refractivity contribution in [3.63, 3.8) is 0 Å². The highest BCUT2D eigenvalue weighted by atomic mass is 35.5. The maximum absolute atomic E-state index is 11.3. The van der Waals surface area contributed by atoms with E-state index in [9.17, 15) is 14.4 Å². The van der Waals surface area contributed by atoms with E-state index in [1.165, 1.54) is 6.92 Å². The van der Waals surface area contributed by atoms with E-state index in [2.05, 4.69) is 10.0 Å². The fourth-order valence-corrected chi connectivity index (χ4v) is 2.15. The SMILES string of the molecule is CC(=O)OC[C@H]1O[C@@H](N)[C@H](OC(C)=O)[C@@H](N=[N+]=[N-])[C@@H]1OC(C)=O.Cl. The van der Waals surface area contributed by atoms with E-state index in [1.54, 1.807) is 0 Å². The van der Waals surface area contributed by atoms with Crippen molar-refractivity contribution in [3.8, 4) is 0 Å². The average molecular weight is 367 g/mol. The molecule has 0 aliphatic carbocycles. The van der Waals surface area contributed by atoms with Crippen LogP contribution in [-0.2, 0) is 33.3 Å². The van der Waals surface area contributed by atoms with Crippen molar-refractivity contribution < 1.29 is 33.3 Å². The molecule has 1 aliphatic heterocycles. The molecule has 1 heterocycles. The van der Waals surface area contributed by atoms with Gasteiger partial charge in [-0.2, -0.15) is 0 Å². The van der Waals surface area contributed by atoms with E-state index < -0.39 is 48.5 Å². The van der Waals surface area contributed by atoms with Gasteiger partial charge in [-0.05, 0) is 5.53 Å². The zero-order valence-electron chi connectivity index (χ0n) is 13.3. The van der Waals surface area contributed by atoms with E-state index in [0.29, 0.717) is 0 Å². The molecule has 2 N–H and O–H groups in total. The molecular formula is C12H19ClN4O7. The fourth-order valence-electron chi connectivity index (χ4n) is 2.15. The topological polar surface area (TPSA) is 163 Å². The second kappa shape index (κ2) is 9.93. The first-order valence-corrected chi connectivity index (χ1v) is 6.69. The molecule has 0 radical (unpaired) electrons. The summed E-state index contributed by atoms with van der Waals surface area (Å²) in [5.74, 6) is -1.93. The predicted molar refractivity (Wildman–Crippen MR) is 80.8 cm³/mol. The number of nitrogens with two attached hydrogens (primary N) is 1.